The van der Waals surface area contributed by atoms with Crippen molar-refractivity contribution in [2.75, 3.05) is 43.0 Å². The number of piperazine rings is 1. The van der Waals surface area contributed by atoms with Crippen molar-refractivity contribution in [1.82, 2.24) is 10.2 Å². The van der Waals surface area contributed by atoms with Gasteiger partial charge in [-0.15, -0.1) is 0 Å². The Morgan fingerprint density at radius 3 is 2.49 bits per heavy atom. The molecule has 0 radical (unpaired) electrons. The molecule has 0 aromatic heterocycles. The van der Waals surface area contributed by atoms with Crippen LogP contribution in [0.5, 0.6) is 0 Å². The number of carbonyl (C=O) groups excluding carboxylic acids is 1. The molecule has 0 aliphatic carbocycles. The maximum Gasteiger partial charge on any atom is 0.416 e. The molecule has 3 N–H and O–H groups in total. The van der Waals surface area contributed by atoms with E-state index in [1.165, 1.54) is 12.1 Å². The lowest BCUT2D eigenvalue weighted by molar-refractivity contribution is -0.181. The number of para-hydroxylation sites is 1. The summed E-state index contributed by atoms with van der Waals surface area (Å²) in [5, 5.41) is 16.3. The molecule has 2 aromatic carbocycles. The van der Waals surface area contributed by atoms with Crippen LogP contribution in [0, 0.1) is 0 Å². The second kappa shape index (κ2) is 9.65. The van der Waals surface area contributed by atoms with E-state index in [-0.39, 0.29) is 12.3 Å². The van der Waals surface area contributed by atoms with Gasteiger partial charge in [-0.05, 0) is 30.3 Å². The fraction of sp³-hybridized carbons (Fsp3) is 0.458. The van der Waals surface area contributed by atoms with Crippen molar-refractivity contribution >= 4 is 17.4 Å². The summed E-state index contributed by atoms with van der Waals surface area (Å²) < 4.78 is 50.6. The van der Waals surface area contributed by atoms with Crippen molar-refractivity contribution in [3.8, 4) is 0 Å². The molecule has 0 spiro atoms. The highest BCUT2D eigenvalue weighted by Gasteiger charge is 2.53. The third-order valence-corrected chi connectivity index (χ3v) is 6.73. The van der Waals surface area contributed by atoms with E-state index in [0.717, 1.165) is 30.9 Å². The second-order valence-corrected chi connectivity index (χ2v) is 8.92. The van der Waals surface area contributed by atoms with Gasteiger partial charge in [-0.1, -0.05) is 24.3 Å². The number of urea groups is 1. The number of rotatable bonds is 4. The first-order valence-electron chi connectivity index (χ1n) is 11.5. The molecule has 2 aromatic rings. The number of halogens is 3. The zero-order chi connectivity index (χ0) is 24.6. The SMILES string of the molecule is O=C(Nc1cccc(C(F)(F)F)c1)N[C@H]1[C@H](O)[C@H](N2CCN(c3ccccc3)CC2)[C@@H]2OC[C@@H]1O2. The highest BCUT2D eigenvalue weighted by Crippen LogP contribution is 2.33. The number of hydrogen-bond acceptors (Lipinski definition) is 6. The number of aliphatic hydroxyl groups excluding tert-OH is 1. The Balaban J connectivity index is 1.23. The minimum atomic E-state index is -4.52. The number of anilines is 2. The number of amides is 2. The summed E-state index contributed by atoms with van der Waals surface area (Å²) in [7, 11) is 0. The van der Waals surface area contributed by atoms with Crippen LogP contribution < -0.4 is 15.5 Å². The number of nitrogens with zero attached hydrogens (tertiary/aromatic N) is 2. The molecular formula is C24H27F3N4O4. The normalized spacial score (nSPS) is 29.1. The summed E-state index contributed by atoms with van der Waals surface area (Å²) >= 11 is 0. The van der Waals surface area contributed by atoms with Crippen LogP contribution in [0.3, 0.4) is 0 Å². The number of alkyl halides is 3. The monoisotopic (exact) mass is 492 g/mol. The Morgan fingerprint density at radius 1 is 1.03 bits per heavy atom. The zero-order valence-electron chi connectivity index (χ0n) is 18.8. The van der Waals surface area contributed by atoms with Crippen LogP contribution in [0.4, 0.5) is 29.3 Å². The molecule has 8 nitrogen and oxygen atoms in total. The van der Waals surface area contributed by atoms with Gasteiger partial charge in [0.1, 0.15) is 6.10 Å². The van der Waals surface area contributed by atoms with Gasteiger partial charge in [0, 0.05) is 37.6 Å². The van der Waals surface area contributed by atoms with Crippen molar-refractivity contribution in [3.63, 3.8) is 0 Å². The summed E-state index contributed by atoms with van der Waals surface area (Å²) in [6.45, 7) is 3.08. The first-order valence-corrected chi connectivity index (χ1v) is 11.5. The number of ether oxygens (including phenoxy) is 2. The molecule has 2 amide bonds. The van der Waals surface area contributed by atoms with Crippen molar-refractivity contribution in [2.45, 2.75) is 36.8 Å². The van der Waals surface area contributed by atoms with Gasteiger partial charge in [0.2, 0.25) is 0 Å². The van der Waals surface area contributed by atoms with Crippen molar-refractivity contribution in [3.05, 3.63) is 60.2 Å². The minimum Gasteiger partial charge on any atom is -0.389 e. The fourth-order valence-electron chi connectivity index (χ4n) is 4.98. The van der Waals surface area contributed by atoms with Gasteiger partial charge in [0.25, 0.3) is 0 Å². The van der Waals surface area contributed by atoms with Gasteiger partial charge >= 0.3 is 12.2 Å². The van der Waals surface area contributed by atoms with Gasteiger partial charge in [-0.3, -0.25) is 4.90 Å². The Hall–Kier alpha value is -2.86. The molecule has 3 saturated heterocycles. The van der Waals surface area contributed by atoms with Crippen LogP contribution >= 0.6 is 0 Å². The van der Waals surface area contributed by atoms with Gasteiger partial charge < -0.3 is 30.1 Å². The van der Waals surface area contributed by atoms with Gasteiger partial charge in [-0.2, -0.15) is 13.2 Å². The van der Waals surface area contributed by atoms with E-state index in [1.54, 1.807) is 0 Å². The first-order chi connectivity index (χ1) is 16.8. The number of hydrogen-bond donors (Lipinski definition) is 3. The van der Waals surface area contributed by atoms with Gasteiger partial charge in [0.05, 0.1) is 30.4 Å². The summed E-state index contributed by atoms with van der Waals surface area (Å²) in [5.74, 6) is 0. The van der Waals surface area contributed by atoms with Crippen LogP contribution in [-0.4, -0.2) is 79.4 Å². The van der Waals surface area contributed by atoms with Crippen LogP contribution in [0.15, 0.2) is 54.6 Å². The van der Waals surface area contributed by atoms with Crippen LogP contribution in [0.1, 0.15) is 5.56 Å². The van der Waals surface area contributed by atoms with Crippen molar-refractivity contribution < 1.29 is 32.5 Å². The smallest absolute Gasteiger partial charge is 0.389 e. The highest BCUT2D eigenvalue weighted by molar-refractivity contribution is 5.89. The van der Waals surface area contributed by atoms with Gasteiger partial charge in [-0.25, -0.2) is 4.79 Å². The zero-order valence-corrected chi connectivity index (χ0v) is 18.8. The van der Waals surface area contributed by atoms with E-state index >= 15 is 0 Å². The fourth-order valence-corrected chi connectivity index (χ4v) is 4.98. The predicted molar refractivity (Wildman–Crippen MR) is 122 cm³/mol. The first kappa shape index (κ1) is 23.9. The lowest BCUT2D eigenvalue weighted by Gasteiger charge is -2.47. The average Bonchev–Trinajstić information content (AvgIpc) is 3.28. The molecule has 3 aliphatic rings. The third-order valence-electron chi connectivity index (χ3n) is 6.73. The number of benzene rings is 2. The molecule has 11 heteroatoms. The Kier molecular flexibility index (Phi) is 6.58. The predicted octanol–water partition coefficient (Wildman–Crippen LogP) is 2.50. The molecule has 35 heavy (non-hydrogen) atoms. The maximum absolute atomic E-state index is 13.0. The van der Waals surface area contributed by atoms with E-state index in [1.807, 2.05) is 18.2 Å². The van der Waals surface area contributed by atoms with Crippen molar-refractivity contribution in [2.24, 2.45) is 0 Å². The Labute approximate surface area is 200 Å². The maximum atomic E-state index is 13.0. The average molecular weight is 492 g/mol. The van der Waals surface area contributed by atoms with Crippen LogP contribution in [0.25, 0.3) is 0 Å². The Bertz CT molecular complexity index is 1030. The molecule has 0 unspecified atom stereocenters. The minimum absolute atomic E-state index is 0.00215. The van der Waals surface area contributed by atoms with E-state index < -0.39 is 48.4 Å². The van der Waals surface area contributed by atoms with Gasteiger partial charge in [0.15, 0.2) is 6.29 Å². The standard InChI is InChI=1S/C24H27F3N4O4/c25-24(26,27)15-5-4-6-16(13-15)28-23(33)29-19-18-14-34-22(35-18)20(21(19)32)31-11-9-30(10-12-31)17-7-2-1-3-8-17/h1-8,13,18-22,32H,9-12,14H2,(H2,28,29,33)/t18-,19+,20-,21-,22+/m0/s1. The summed E-state index contributed by atoms with van der Waals surface area (Å²) in [6, 6.07) is 12.5. The highest BCUT2D eigenvalue weighted by atomic mass is 19.4. The third kappa shape index (κ3) is 5.08. The van der Waals surface area contributed by atoms with Crippen molar-refractivity contribution in [1.29, 1.82) is 0 Å². The van der Waals surface area contributed by atoms with Crippen LogP contribution in [-0.2, 0) is 15.7 Å². The molecule has 3 fully saturated rings. The lowest BCUT2D eigenvalue weighted by atomic mass is 9.94. The molecule has 188 valence electrons. The molecule has 2 bridgehead atoms. The molecule has 3 aliphatic heterocycles. The lowest BCUT2D eigenvalue weighted by Crippen LogP contribution is -2.67. The molecule has 5 atom stereocenters. The van der Waals surface area contributed by atoms with E-state index in [0.29, 0.717) is 13.1 Å². The Morgan fingerprint density at radius 2 is 1.77 bits per heavy atom. The quantitative estimate of drug-likeness (QED) is 0.608. The number of carbonyl (C=O) groups is 1. The van der Waals surface area contributed by atoms with E-state index in [2.05, 4.69) is 32.6 Å². The van der Waals surface area contributed by atoms with E-state index in [9.17, 15) is 23.1 Å². The summed E-state index contributed by atoms with van der Waals surface area (Å²) in [5.41, 5.74) is 0.270. The molecule has 3 heterocycles. The number of nitrogens with one attached hydrogen (secondary N) is 2. The summed E-state index contributed by atoms with van der Waals surface area (Å²) in [6.07, 6.45) is -6.65. The largest absolute Gasteiger partial charge is 0.416 e. The number of fused-ring (bicyclic) bond motifs is 2. The topological polar surface area (TPSA) is 86.3 Å². The van der Waals surface area contributed by atoms with E-state index in [4.69, 9.17) is 9.47 Å². The summed E-state index contributed by atoms with van der Waals surface area (Å²) in [4.78, 5) is 17.0. The second-order valence-electron chi connectivity index (χ2n) is 8.92. The number of aliphatic hydroxyl groups is 1. The molecule has 5 rings (SSSR count). The molecular weight excluding hydrogens is 465 g/mol. The van der Waals surface area contributed by atoms with Crippen LogP contribution in [0.2, 0.25) is 0 Å². The molecule has 0 saturated carbocycles.